The predicted octanol–water partition coefficient (Wildman–Crippen LogP) is 10.2. The van der Waals surface area contributed by atoms with Gasteiger partial charge in [0.05, 0.1) is 20.6 Å². The molecule has 10 aromatic rings. The molecule has 4 aromatic heterocycles. The smallest absolute Gasteiger partial charge is 0.333 e. The summed E-state index contributed by atoms with van der Waals surface area (Å²) < 4.78 is 9.43. The number of para-hydroxylation sites is 2. The molecule has 0 aliphatic carbocycles. The zero-order valence-electron chi connectivity index (χ0n) is 24.8. The van der Waals surface area contributed by atoms with Crippen molar-refractivity contribution in [3.05, 3.63) is 127 Å². The first-order chi connectivity index (χ1) is 22.8. The van der Waals surface area contributed by atoms with Crippen LogP contribution in [0.2, 0.25) is 0 Å². The Labute approximate surface area is 272 Å². The van der Waals surface area contributed by atoms with Crippen LogP contribution in [0.1, 0.15) is 5.56 Å². The molecule has 2 aliphatic rings. The van der Waals surface area contributed by atoms with E-state index in [4.69, 9.17) is 0 Å². The first-order valence-electron chi connectivity index (χ1n) is 15.9. The van der Waals surface area contributed by atoms with Crippen molar-refractivity contribution in [1.82, 2.24) is 9.05 Å². The number of hydrogen-bond acceptors (Lipinski definition) is 2. The van der Waals surface area contributed by atoms with E-state index >= 15 is 0 Å². The van der Waals surface area contributed by atoms with E-state index < -0.39 is 0 Å². The molecule has 6 heterocycles. The summed E-state index contributed by atoms with van der Waals surface area (Å²) in [6, 6.07) is 45.8. The van der Waals surface area contributed by atoms with Crippen LogP contribution < -0.4 is 10.9 Å². The van der Waals surface area contributed by atoms with E-state index in [2.05, 4.69) is 137 Å². The van der Waals surface area contributed by atoms with Crippen LogP contribution in [0.25, 0.3) is 90.4 Å². The summed E-state index contributed by atoms with van der Waals surface area (Å²) in [4.78, 5) is 1.37. The van der Waals surface area contributed by atoms with Crippen molar-refractivity contribution in [3.63, 3.8) is 0 Å². The van der Waals surface area contributed by atoms with Crippen molar-refractivity contribution in [1.29, 1.82) is 0 Å². The fourth-order valence-electron chi connectivity index (χ4n) is 8.85. The molecule has 0 N–H and O–H groups in total. The highest BCUT2D eigenvalue weighted by Crippen LogP contribution is 2.49. The number of nitrogens with zero attached hydrogens (tertiary/aromatic N) is 2. The Kier molecular flexibility index (Phi) is 4.30. The largest absolute Gasteiger partial charge is 0.367 e. The molecule has 0 fully saturated rings. The van der Waals surface area contributed by atoms with E-state index in [0.29, 0.717) is 0 Å². The van der Waals surface area contributed by atoms with Gasteiger partial charge in [0.1, 0.15) is 0 Å². The van der Waals surface area contributed by atoms with Crippen molar-refractivity contribution >= 4 is 103 Å². The molecular formula is C41H23BN2S2. The van der Waals surface area contributed by atoms with Gasteiger partial charge in [0, 0.05) is 53.1 Å². The van der Waals surface area contributed by atoms with Crippen LogP contribution in [0.15, 0.2) is 121 Å². The van der Waals surface area contributed by atoms with E-state index in [9.17, 15) is 0 Å². The Morgan fingerprint density at radius 2 is 1.28 bits per heavy atom. The quantitative estimate of drug-likeness (QED) is 0.162. The third-order valence-electron chi connectivity index (χ3n) is 10.6. The maximum Gasteiger partial charge on any atom is 0.333 e. The van der Waals surface area contributed by atoms with Crippen molar-refractivity contribution < 1.29 is 0 Å². The molecule has 2 nitrogen and oxygen atoms in total. The van der Waals surface area contributed by atoms with Gasteiger partial charge in [0.15, 0.2) is 0 Å². The summed E-state index contributed by atoms with van der Waals surface area (Å²) in [5, 5.41) is 6.81. The second kappa shape index (κ2) is 8.18. The van der Waals surface area contributed by atoms with Crippen molar-refractivity contribution in [3.8, 4) is 27.9 Å². The van der Waals surface area contributed by atoms with Gasteiger partial charge in [-0.25, -0.2) is 0 Å². The van der Waals surface area contributed by atoms with Crippen molar-refractivity contribution in [2.24, 2.45) is 0 Å². The first-order valence-corrected chi connectivity index (χ1v) is 17.5. The Bertz CT molecular complexity index is 3000. The van der Waals surface area contributed by atoms with Gasteiger partial charge in [-0.2, -0.15) is 0 Å². The average Bonchev–Trinajstić information content (AvgIpc) is 3.83. The van der Waals surface area contributed by atoms with E-state index in [0.717, 1.165) is 0 Å². The maximum atomic E-state index is 2.71. The zero-order chi connectivity index (χ0) is 29.8. The SMILES string of the molecule is Cc1ccccc1-c1cc2c3c(c1)-n1c4c(cccc4c4sc5ccccc5c41)B3n1c3sc4ccccc4c3c3cccc-2c31. The van der Waals surface area contributed by atoms with E-state index in [1.807, 2.05) is 22.7 Å². The van der Waals surface area contributed by atoms with Crippen molar-refractivity contribution in [2.75, 3.05) is 0 Å². The number of hydrogen-bond donors (Lipinski definition) is 0. The molecule has 0 bridgehead atoms. The van der Waals surface area contributed by atoms with E-state index in [1.54, 1.807) is 0 Å². The van der Waals surface area contributed by atoms with Crippen molar-refractivity contribution in [2.45, 2.75) is 6.92 Å². The molecular weight excluding hydrogens is 595 g/mol. The molecule has 0 unspecified atom stereocenters. The highest BCUT2D eigenvalue weighted by Gasteiger charge is 2.42. The third kappa shape index (κ3) is 2.70. The van der Waals surface area contributed by atoms with E-state index in [-0.39, 0.29) is 6.85 Å². The molecule has 0 spiro atoms. The van der Waals surface area contributed by atoms with Gasteiger partial charge in [-0.15, -0.1) is 22.7 Å². The van der Waals surface area contributed by atoms with Gasteiger partial charge in [0.2, 0.25) is 0 Å². The Morgan fingerprint density at radius 3 is 2.17 bits per heavy atom. The normalized spacial score (nSPS) is 13.3. The molecule has 0 atom stereocenters. The van der Waals surface area contributed by atoms with Crippen LogP contribution in [-0.4, -0.2) is 15.9 Å². The summed E-state index contributed by atoms with van der Waals surface area (Å²) in [6.07, 6.45) is 0. The fraction of sp³-hybridized carbons (Fsp3) is 0.0244. The lowest BCUT2D eigenvalue weighted by Crippen LogP contribution is -2.55. The lowest BCUT2D eigenvalue weighted by molar-refractivity contribution is 1.18. The molecule has 12 rings (SSSR count). The summed E-state index contributed by atoms with van der Waals surface area (Å²) in [5.74, 6) is 0. The highest BCUT2D eigenvalue weighted by atomic mass is 32.1. The summed E-state index contributed by atoms with van der Waals surface area (Å²) in [7, 11) is 0. The van der Waals surface area contributed by atoms with E-state index in [1.165, 1.54) is 107 Å². The highest BCUT2D eigenvalue weighted by molar-refractivity contribution is 7.27. The molecule has 0 saturated heterocycles. The number of rotatable bonds is 1. The predicted molar refractivity (Wildman–Crippen MR) is 201 cm³/mol. The van der Waals surface area contributed by atoms with Crippen LogP contribution in [0.4, 0.5) is 0 Å². The number of fused-ring (bicyclic) bond motifs is 14. The van der Waals surface area contributed by atoms with Gasteiger partial charge < -0.3 is 9.05 Å². The third-order valence-corrected chi connectivity index (χ3v) is 13.0. The molecule has 6 aromatic carbocycles. The Balaban J connectivity index is 1.35. The molecule has 0 saturated carbocycles. The lowest BCUT2D eigenvalue weighted by Gasteiger charge is -2.34. The first kappa shape index (κ1) is 24.2. The van der Waals surface area contributed by atoms with Gasteiger partial charge in [0.25, 0.3) is 0 Å². The minimum atomic E-state index is 0.0883. The second-order valence-corrected chi connectivity index (χ2v) is 15.0. The van der Waals surface area contributed by atoms with Crippen LogP contribution in [0.5, 0.6) is 0 Å². The molecule has 46 heavy (non-hydrogen) atoms. The second-order valence-electron chi connectivity index (χ2n) is 12.9. The number of thiophene rings is 2. The molecule has 2 aliphatic heterocycles. The van der Waals surface area contributed by atoms with Crippen LogP contribution in [0.3, 0.4) is 0 Å². The van der Waals surface area contributed by atoms with Gasteiger partial charge >= 0.3 is 6.85 Å². The minimum Gasteiger partial charge on any atom is -0.367 e. The maximum absolute atomic E-state index is 2.71. The Hall–Kier alpha value is -5.10. The average molecular weight is 619 g/mol. The van der Waals surface area contributed by atoms with Gasteiger partial charge in [-0.05, 0) is 64.4 Å². The molecule has 212 valence electrons. The van der Waals surface area contributed by atoms with Crippen LogP contribution >= 0.6 is 22.7 Å². The number of aromatic nitrogens is 2. The summed E-state index contributed by atoms with van der Waals surface area (Å²) in [6.45, 7) is 2.33. The lowest BCUT2D eigenvalue weighted by atomic mass is 9.45. The minimum absolute atomic E-state index is 0.0883. The topological polar surface area (TPSA) is 9.86 Å². The fourth-order valence-corrected chi connectivity index (χ4v) is 11.3. The standard InChI is InChI=1S/C41H23BN2S2/c1-22-10-2-3-11-24(22)23-20-30-25-14-8-15-28-35-26-12-4-6-18-33(26)46-41(35)44(37(25)28)42-31-17-9-16-29-38(31)43(32(21-23)36(30)42)39-27-13-5-7-19-34(27)45-40(29)39/h2-21H,1H3. The number of benzene rings is 6. The van der Waals surface area contributed by atoms with Crippen LogP contribution in [0, 0.1) is 6.92 Å². The van der Waals surface area contributed by atoms with Gasteiger partial charge in [-0.1, -0.05) is 97.1 Å². The van der Waals surface area contributed by atoms with Crippen LogP contribution in [-0.2, 0) is 0 Å². The zero-order valence-corrected chi connectivity index (χ0v) is 26.5. The Morgan fingerprint density at radius 1 is 0.565 bits per heavy atom. The molecule has 0 amide bonds. The molecule has 0 radical (unpaired) electrons. The van der Waals surface area contributed by atoms with Gasteiger partial charge in [-0.3, -0.25) is 0 Å². The monoisotopic (exact) mass is 618 g/mol. The summed E-state index contributed by atoms with van der Waals surface area (Å²) >= 11 is 3.88. The summed E-state index contributed by atoms with van der Waals surface area (Å²) in [5.41, 5.74) is 14.8. The number of aryl methyl sites for hydroxylation is 1. The molecule has 5 heteroatoms.